The van der Waals surface area contributed by atoms with E-state index in [9.17, 15) is 0 Å². The average molecular weight is 1240 g/mol. The smallest absolute Gasteiger partial charge is 0.305 e. The third kappa shape index (κ3) is 12.6. The summed E-state index contributed by atoms with van der Waals surface area (Å²) in [6, 6.07) is 109. The molecule has 10 aromatic carbocycles. The fraction of sp³-hybridized carbons (Fsp3) is 0.0506. The fourth-order valence-electron chi connectivity index (χ4n) is 11.0. The van der Waals surface area contributed by atoms with E-state index >= 15 is 0 Å². The van der Waals surface area contributed by atoms with E-state index in [2.05, 4.69) is 253 Å². The second kappa shape index (κ2) is 25.4. The Bertz CT molecular complexity index is 4140. The molecule has 0 unspecified atom stereocenters. The number of nitrogens with zero attached hydrogens (tertiary/aromatic N) is 3. The first kappa shape index (κ1) is 53.9. The topological polar surface area (TPSA) is 38.7 Å². The standard InChI is InChI=1S/C79H56N3.Ir/c1-3-14-60(15-4-1)62-35-39-64(40-36-62)68-18-13-19-70(53-68)75-55-71(79-22-9-12-49-82-79)44-46-74(75)76-54-69(65-41-37-63(38-42-65)61-16-5-2-6-17-61)43-45-73(76)72-51-58(25-23-56-27-31-66(32-28-56)77-20-7-10-47-80-77)50-59(52-72)26-24-57-29-33-67(34-30-57)78-21-8-11-48-81-78;/h1-22,27-31,33,35-43,45-55H,23-26H2;/q-3;+3. The molecule has 396 valence electrons. The maximum atomic E-state index is 4.83. The molecule has 0 fully saturated rings. The van der Waals surface area contributed by atoms with Crippen LogP contribution in [-0.4, -0.2) is 15.0 Å². The van der Waals surface area contributed by atoms with E-state index in [1.54, 1.807) is 0 Å². The number of hydrogen-bond donors (Lipinski definition) is 0. The van der Waals surface area contributed by atoms with Gasteiger partial charge in [-0.15, -0.1) is 94.5 Å². The fourth-order valence-corrected chi connectivity index (χ4v) is 11.0. The summed E-state index contributed by atoms with van der Waals surface area (Å²) in [7, 11) is 0. The number of aryl methyl sites for hydroxylation is 4. The molecule has 4 heteroatoms. The van der Waals surface area contributed by atoms with Crippen molar-refractivity contribution in [1.82, 2.24) is 15.0 Å². The summed E-state index contributed by atoms with van der Waals surface area (Å²) in [5.41, 5.74) is 26.8. The molecule has 0 atom stereocenters. The predicted molar refractivity (Wildman–Crippen MR) is 338 cm³/mol. The van der Waals surface area contributed by atoms with E-state index in [-0.39, 0.29) is 20.1 Å². The molecular formula is C79H56IrN3. The molecule has 13 rings (SSSR count). The van der Waals surface area contributed by atoms with Gasteiger partial charge in [-0.05, 0) is 127 Å². The summed E-state index contributed by atoms with van der Waals surface area (Å²) in [6.07, 6.45) is 8.99. The van der Waals surface area contributed by atoms with Crippen LogP contribution in [0, 0.1) is 18.2 Å². The van der Waals surface area contributed by atoms with Crippen LogP contribution in [0.1, 0.15) is 22.3 Å². The second-order valence-corrected chi connectivity index (χ2v) is 20.8. The maximum Gasteiger partial charge on any atom is 3.00 e. The van der Waals surface area contributed by atoms with E-state index in [4.69, 9.17) is 4.98 Å². The summed E-state index contributed by atoms with van der Waals surface area (Å²) in [4.78, 5) is 14.0. The predicted octanol–water partition coefficient (Wildman–Crippen LogP) is 19.5. The van der Waals surface area contributed by atoms with Crippen molar-refractivity contribution in [1.29, 1.82) is 0 Å². The molecule has 0 saturated heterocycles. The Kier molecular flexibility index (Phi) is 16.5. The molecule has 0 aliphatic rings. The zero-order valence-electron chi connectivity index (χ0n) is 45.7. The number of pyridine rings is 3. The van der Waals surface area contributed by atoms with Gasteiger partial charge in [-0.25, -0.2) is 0 Å². The summed E-state index contributed by atoms with van der Waals surface area (Å²) < 4.78 is 0. The Hall–Kier alpha value is -9.70. The second-order valence-electron chi connectivity index (χ2n) is 20.8. The zero-order valence-corrected chi connectivity index (χ0v) is 48.1. The quantitative estimate of drug-likeness (QED) is 0.0905. The van der Waals surface area contributed by atoms with Crippen LogP contribution in [-0.2, 0) is 45.8 Å². The van der Waals surface area contributed by atoms with Gasteiger partial charge in [0.1, 0.15) is 0 Å². The van der Waals surface area contributed by atoms with Gasteiger partial charge in [0, 0.05) is 18.6 Å². The number of hydrogen-bond acceptors (Lipinski definition) is 3. The van der Waals surface area contributed by atoms with E-state index < -0.39 is 0 Å². The zero-order chi connectivity index (χ0) is 54.9. The van der Waals surface area contributed by atoms with Crippen molar-refractivity contribution in [3.63, 3.8) is 0 Å². The minimum Gasteiger partial charge on any atom is -0.305 e. The third-order valence-electron chi connectivity index (χ3n) is 15.4. The molecule has 0 bridgehead atoms. The van der Waals surface area contributed by atoms with Crippen molar-refractivity contribution >= 4 is 0 Å². The Balaban J connectivity index is 0.00000680. The maximum absolute atomic E-state index is 4.83. The number of aromatic nitrogens is 3. The van der Waals surface area contributed by atoms with Crippen molar-refractivity contribution in [3.8, 4) is 112 Å². The van der Waals surface area contributed by atoms with Crippen LogP contribution in [0.3, 0.4) is 0 Å². The number of rotatable bonds is 16. The first-order chi connectivity index (χ1) is 40.6. The van der Waals surface area contributed by atoms with Crippen LogP contribution in [0.4, 0.5) is 0 Å². The normalized spacial score (nSPS) is 11.0. The van der Waals surface area contributed by atoms with Crippen LogP contribution in [0.5, 0.6) is 0 Å². The van der Waals surface area contributed by atoms with Crippen LogP contribution in [0.15, 0.2) is 292 Å². The van der Waals surface area contributed by atoms with Gasteiger partial charge in [-0.3, -0.25) is 0 Å². The Morgan fingerprint density at radius 3 is 1.12 bits per heavy atom. The molecule has 0 saturated carbocycles. The van der Waals surface area contributed by atoms with E-state index in [1.165, 1.54) is 50.1 Å². The molecule has 0 N–H and O–H groups in total. The van der Waals surface area contributed by atoms with Crippen molar-refractivity contribution in [2.45, 2.75) is 25.7 Å². The third-order valence-corrected chi connectivity index (χ3v) is 15.4. The first-order valence-corrected chi connectivity index (χ1v) is 28.1. The minimum atomic E-state index is 0. The van der Waals surface area contributed by atoms with Crippen LogP contribution >= 0.6 is 0 Å². The first-order valence-electron chi connectivity index (χ1n) is 28.1. The molecule has 0 amide bonds. The largest absolute Gasteiger partial charge is 3.00 e. The van der Waals surface area contributed by atoms with Gasteiger partial charge in [-0.2, -0.15) is 0 Å². The van der Waals surface area contributed by atoms with Gasteiger partial charge >= 0.3 is 20.1 Å². The van der Waals surface area contributed by atoms with Crippen molar-refractivity contribution in [2.75, 3.05) is 0 Å². The average Bonchev–Trinajstić information content (AvgIpc) is 3.61. The minimum absolute atomic E-state index is 0. The summed E-state index contributed by atoms with van der Waals surface area (Å²) in [5.74, 6) is 0. The van der Waals surface area contributed by atoms with Gasteiger partial charge in [0.25, 0.3) is 0 Å². The monoisotopic (exact) mass is 1240 g/mol. The van der Waals surface area contributed by atoms with Crippen LogP contribution < -0.4 is 0 Å². The SMILES string of the molecule is [Ir+3].[c-]1cc(CCc2cc(CCc3c[c-]c(-c4ccccn4)cc3)cc(-c3ccc(-c4ccc(-c5ccccc5)cc4)cc3-c3c[c-]c(-c4ccccn4)cc3-c3cccc(-c4ccc(-c5ccccc5)cc4)c3)c2)ccc1-c1ccccn1. The van der Waals surface area contributed by atoms with Gasteiger partial charge in [0.2, 0.25) is 0 Å². The Morgan fingerprint density at radius 1 is 0.229 bits per heavy atom. The van der Waals surface area contributed by atoms with E-state index in [0.717, 1.165) is 110 Å². The Labute approximate surface area is 501 Å². The van der Waals surface area contributed by atoms with E-state index in [0.29, 0.717) is 0 Å². The molecule has 3 heterocycles. The van der Waals surface area contributed by atoms with Crippen molar-refractivity contribution in [3.05, 3.63) is 332 Å². The molecule has 0 aliphatic carbocycles. The summed E-state index contributed by atoms with van der Waals surface area (Å²) in [5, 5.41) is 0. The molecule has 0 spiro atoms. The Morgan fingerprint density at radius 2 is 0.639 bits per heavy atom. The summed E-state index contributed by atoms with van der Waals surface area (Å²) in [6.45, 7) is 0. The number of benzene rings is 10. The van der Waals surface area contributed by atoms with Gasteiger partial charge in [0.15, 0.2) is 0 Å². The molecule has 3 nitrogen and oxygen atoms in total. The molecule has 0 radical (unpaired) electrons. The molecule has 3 aromatic heterocycles. The van der Waals surface area contributed by atoms with Crippen LogP contribution in [0.2, 0.25) is 0 Å². The molecule has 83 heavy (non-hydrogen) atoms. The van der Waals surface area contributed by atoms with Crippen molar-refractivity contribution < 1.29 is 20.1 Å². The molecular weight excluding hydrogens is 1180 g/mol. The summed E-state index contributed by atoms with van der Waals surface area (Å²) >= 11 is 0. The molecule has 13 aromatic rings. The van der Waals surface area contributed by atoms with Gasteiger partial charge in [0.05, 0.1) is 0 Å². The van der Waals surface area contributed by atoms with E-state index in [1.807, 2.05) is 67.1 Å². The van der Waals surface area contributed by atoms with Gasteiger partial charge < -0.3 is 15.0 Å². The van der Waals surface area contributed by atoms with Gasteiger partial charge in [-0.1, -0.05) is 230 Å². The van der Waals surface area contributed by atoms with Crippen molar-refractivity contribution in [2.24, 2.45) is 0 Å². The van der Waals surface area contributed by atoms with Crippen LogP contribution in [0.25, 0.3) is 112 Å². The molecule has 0 aliphatic heterocycles.